The quantitative estimate of drug-likeness (QED) is 0.436. The molecule has 2 N–H and O–H groups in total. The van der Waals surface area contributed by atoms with Gasteiger partial charge in [0.25, 0.3) is 0 Å². The molecule has 0 aliphatic heterocycles. The molecule has 0 fully saturated rings. The highest BCUT2D eigenvalue weighted by molar-refractivity contribution is 5.79. The zero-order valence-electron chi connectivity index (χ0n) is 13.2. The molecule has 1 rings (SSSR count). The van der Waals surface area contributed by atoms with Crippen molar-refractivity contribution >= 4 is 5.96 Å². The summed E-state index contributed by atoms with van der Waals surface area (Å²) >= 11 is 0. The van der Waals surface area contributed by atoms with Crippen LogP contribution in [0.1, 0.15) is 12.0 Å². The fourth-order valence-electron chi connectivity index (χ4n) is 1.77. The first-order chi connectivity index (χ1) is 11.0. The first-order valence-electron chi connectivity index (χ1n) is 7.17. The molecule has 0 heterocycles. The molecule has 130 valence electrons. The van der Waals surface area contributed by atoms with Gasteiger partial charge in [-0.2, -0.15) is 13.2 Å². The highest BCUT2D eigenvalue weighted by Gasteiger charge is 2.28. The Morgan fingerprint density at radius 3 is 2.61 bits per heavy atom. The van der Waals surface area contributed by atoms with Crippen molar-refractivity contribution in [2.24, 2.45) is 4.99 Å². The number of guanidine groups is 1. The van der Waals surface area contributed by atoms with Crippen molar-refractivity contribution in [3.8, 4) is 5.75 Å². The number of alkyl halides is 3. The number of aliphatic imine (C=N–C) groups is 1. The standard InChI is InChI=1S/C15H22F3N3O2/c1-19-14(20-8-5-9-22-2)21-10-12-6-3-4-7-13(12)23-11-15(16,17)18/h3-4,6-7H,5,8-11H2,1-2H3,(H2,19,20,21). The number of halogens is 3. The molecule has 0 saturated heterocycles. The predicted octanol–water partition coefficient (Wildman–Crippen LogP) is 2.33. The molecule has 0 aliphatic rings. The Morgan fingerprint density at radius 1 is 1.22 bits per heavy atom. The van der Waals surface area contributed by atoms with Crippen molar-refractivity contribution in [3.05, 3.63) is 29.8 Å². The van der Waals surface area contributed by atoms with Crippen LogP contribution in [0, 0.1) is 0 Å². The topological polar surface area (TPSA) is 54.9 Å². The van der Waals surface area contributed by atoms with Gasteiger partial charge < -0.3 is 20.1 Å². The molecule has 0 aromatic heterocycles. The molecule has 0 amide bonds. The minimum absolute atomic E-state index is 0.201. The van der Waals surface area contributed by atoms with Gasteiger partial charge >= 0.3 is 6.18 Å². The number of nitrogens with zero attached hydrogens (tertiary/aromatic N) is 1. The van der Waals surface area contributed by atoms with Gasteiger partial charge in [-0.1, -0.05) is 18.2 Å². The van der Waals surface area contributed by atoms with E-state index in [1.807, 2.05) is 0 Å². The number of para-hydroxylation sites is 1. The monoisotopic (exact) mass is 333 g/mol. The van der Waals surface area contributed by atoms with Crippen LogP contribution in [-0.4, -0.2) is 46.1 Å². The molecule has 8 heteroatoms. The van der Waals surface area contributed by atoms with Crippen molar-refractivity contribution in [1.82, 2.24) is 10.6 Å². The molecule has 0 aliphatic carbocycles. The second kappa shape index (κ2) is 9.94. The van der Waals surface area contributed by atoms with Crippen molar-refractivity contribution in [3.63, 3.8) is 0 Å². The van der Waals surface area contributed by atoms with Gasteiger partial charge in [0.2, 0.25) is 0 Å². The molecule has 1 aromatic rings. The molecule has 23 heavy (non-hydrogen) atoms. The number of benzene rings is 1. The zero-order chi connectivity index (χ0) is 17.1. The summed E-state index contributed by atoms with van der Waals surface area (Å²) in [7, 11) is 3.25. The van der Waals surface area contributed by atoms with E-state index in [4.69, 9.17) is 9.47 Å². The van der Waals surface area contributed by atoms with Crippen LogP contribution < -0.4 is 15.4 Å². The first-order valence-corrected chi connectivity index (χ1v) is 7.17. The van der Waals surface area contributed by atoms with E-state index in [2.05, 4.69) is 15.6 Å². The van der Waals surface area contributed by atoms with Crippen LogP contribution in [0.15, 0.2) is 29.3 Å². The number of hydrogen-bond donors (Lipinski definition) is 2. The summed E-state index contributed by atoms with van der Waals surface area (Å²) in [6.07, 6.45) is -3.54. The molecule has 0 saturated carbocycles. The molecule has 0 atom stereocenters. The number of nitrogens with one attached hydrogen (secondary N) is 2. The second-order valence-corrected chi connectivity index (χ2v) is 4.71. The smallest absolute Gasteiger partial charge is 0.422 e. The molecule has 0 unspecified atom stereocenters. The predicted molar refractivity (Wildman–Crippen MR) is 82.7 cm³/mol. The Morgan fingerprint density at radius 2 is 1.96 bits per heavy atom. The number of hydrogen-bond acceptors (Lipinski definition) is 3. The Kier molecular flexibility index (Phi) is 8.25. The van der Waals surface area contributed by atoms with Gasteiger partial charge in [-0.15, -0.1) is 0 Å². The minimum atomic E-state index is -4.36. The lowest BCUT2D eigenvalue weighted by Crippen LogP contribution is -2.37. The first kappa shape index (κ1) is 19.1. The third-order valence-corrected chi connectivity index (χ3v) is 2.85. The third-order valence-electron chi connectivity index (χ3n) is 2.85. The molecule has 1 aromatic carbocycles. The summed E-state index contributed by atoms with van der Waals surface area (Å²) in [6, 6.07) is 6.59. The third kappa shape index (κ3) is 8.29. The average Bonchev–Trinajstić information content (AvgIpc) is 2.52. The zero-order valence-corrected chi connectivity index (χ0v) is 13.2. The van der Waals surface area contributed by atoms with Crippen LogP contribution in [0.5, 0.6) is 5.75 Å². The van der Waals surface area contributed by atoms with Gasteiger partial charge in [0.15, 0.2) is 12.6 Å². The Hall–Kier alpha value is -1.96. The van der Waals surface area contributed by atoms with Crippen LogP contribution in [-0.2, 0) is 11.3 Å². The number of methoxy groups -OCH3 is 1. The van der Waals surface area contributed by atoms with E-state index in [-0.39, 0.29) is 5.75 Å². The fraction of sp³-hybridized carbons (Fsp3) is 0.533. The maximum Gasteiger partial charge on any atom is 0.422 e. The average molecular weight is 333 g/mol. The maximum absolute atomic E-state index is 12.3. The fourth-order valence-corrected chi connectivity index (χ4v) is 1.77. The largest absolute Gasteiger partial charge is 0.484 e. The molecule has 0 radical (unpaired) electrons. The van der Waals surface area contributed by atoms with Crippen molar-refractivity contribution in [2.45, 2.75) is 19.1 Å². The van der Waals surface area contributed by atoms with Crippen LogP contribution in [0.25, 0.3) is 0 Å². The van der Waals surface area contributed by atoms with Gasteiger partial charge in [-0.05, 0) is 12.5 Å². The van der Waals surface area contributed by atoms with Gasteiger partial charge in [0.05, 0.1) is 0 Å². The van der Waals surface area contributed by atoms with Crippen molar-refractivity contribution < 1.29 is 22.6 Å². The van der Waals surface area contributed by atoms with Gasteiger partial charge in [-0.3, -0.25) is 4.99 Å². The molecule has 0 spiro atoms. The van der Waals surface area contributed by atoms with E-state index >= 15 is 0 Å². The van der Waals surface area contributed by atoms with E-state index < -0.39 is 12.8 Å². The van der Waals surface area contributed by atoms with Crippen LogP contribution in [0.2, 0.25) is 0 Å². The van der Waals surface area contributed by atoms with Crippen LogP contribution >= 0.6 is 0 Å². The molecule has 5 nitrogen and oxygen atoms in total. The Labute approximate surface area is 133 Å². The SMILES string of the molecule is CN=C(NCCCOC)NCc1ccccc1OCC(F)(F)F. The lowest BCUT2D eigenvalue weighted by Gasteiger charge is -2.15. The highest BCUT2D eigenvalue weighted by atomic mass is 19.4. The summed E-state index contributed by atoms with van der Waals surface area (Å²) in [5.41, 5.74) is 0.622. The van der Waals surface area contributed by atoms with E-state index in [9.17, 15) is 13.2 Å². The van der Waals surface area contributed by atoms with E-state index in [0.717, 1.165) is 6.42 Å². The summed E-state index contributed by atoms with van der Waals surface area (Å²) in [6.45, 7) is 0.309. The maximum atomic E-state index is 12.3. The Bertz CT molecular complexity index is 493. The van der Waals surface area contributed by atoms with Crippen molar-refractivity contribution in [2.75, 3.05) is 33.9 Å². The molecule has 0 bridgehead atoms. The lowest BCUT2D eigenvalue weighted by molar-refractivity contribution is -0.153. The lowest BCUT2D eigenvalue weighted by atomic mass is 10.2. The minimum Gasteiger partial charge on any atom is -0.484 e. The number of ether oxygens (including phenoxy) is 2. The van der Waals surface area contributed by atoms with E-state index in [0.29, 0.717) is 31.2 Å². The van der Waals surface area contributed by atoms with E-state index in [1.54, 1.807) is 32.4 Å². The second-order valence-electron chi connectivity index (χ2n) is 4.71. The highest BCUT2D eigenvalue weighted by Crippen LogP contribution is 2.21. The van der Waals surface area contributed by atoms with Crippen LogP contribution in [0.4, 0.5) is 13.2 Å². The molecular formula is C15H22F3N3O2. The molecular weight excluding hydrogens is 311 g/mol. The van der Waals surface area contributed by atoms with Crippen LogP contribution in [0.3, 0.4) is 0 Å². The summed E-state index contributed by atoms with van der Waals surface area (Å²) in [5, 5.41) is 6.13. The normalized spacial score (nSPS) is 12.1. The van der Waals surface area contributed by atoms with Gasteiger partial charge in [-0.25, -0.2) is 0 Å². The summed E-state index contributed by atoms with van der Waals surface area (Å²) < 4.78 is 46.6. The summed E-state index contributed by atoms with van der Waals surface area (Å²) in [4.78, 5) is 4.05. The Balaban J connectivity index is 2.52. The number of rotatable bonds is 8. The van der Waals surface area contributed by atoms with Gasteiger partial charge in [0, 0.05) is 39.4 Å². The van der Waals surface area contributed by atoms with E-state index in [1.165, 1.54) is 6.07 Å². The summed E-state index contributed by atoms with van der Waals surface area (Å²) in [5.74, 6) is 0.763. The van der Waals surface area contributed by atoms with Crippen molar-refractivity contribution in [1.29, 1.82) is 0 Å². The van der Waals surface area contributed by atoms with Gasteiger partial charge in [0.1, 0.15) is 5.75 Å².